The van der Waals surface area contributed by atoms with E-state index in [1.54, 1.807) is 16.9 Å². The summed E-state index contributed by atoms with van der Waals surface area (Å²) >= 11 is 0. The van der Waals surface area contributed by atoms with E-state index in [2.05, 4.69) is 35.9 Å². The molecule has 3 N–H and O–H groups in total. The number of carbonyl (C=O) groups is 2. The van der Waals surface area contributed by atoms with E-state index in [0.717, 1.165) is 35.6 Å². The van der Waals surface area contributed by atoms with E-state index in [1.165, 1.54) is 0 Å². The molecule has 3 aromatic rings. The number of hydrogen-bond donors (Lipinski definition) is 3. The van der Waals surface area contributed by atoms with E-state index in [9.17, 15) is 9.59 Å². The maximum absolute atomic E-state index is 12.2. The smallest absolute Gasteiger partial charge is 0.407 e. The van der Waals surface area contributed by atoms with Gasteiger partial charge in [0.2, 0.25) is 11.9 Å². The van der Waals surface area contributed by atoms with E-state index >= 15 is 0 Å². The van der Waals surface area contributed by atoms with Gasteiger partial charge in [0.05, 0.1) is 12.0 Å². The molecule has 2 fully saturated rings. The number of nitrogens with one attached hydrogen (secondary N) is 3. The van der Waals surface area contributed by atoms with Gasteiger partial charge in [-0.2, -0.15) is 4.98 Å². The third-order valence-electron chi connectivity index (χ3n) is 6.84. The van der Waals surface area contributed by atoms with Crippen molar-refractivity contribution >= 4 is 40.8 Å². The van der Waals surface area contributed by atoms with E-state index in [-0.39, 0.29) is 12.0 Å². The molecule has 6 rings (SSSR count). The molecule has 0 aliphatic carbocycles. The van der Waals surface area contributed by atoms with Crippen molar-refractivity contribution in [1.82, 2.24) is 24.9 Å². The van der Waals surface area contributed by atoms with Crippen LogP contribution in [0, 0.1) is 0 Å². The van der Waals surface area contributed by atoms with Crippen LogP contribution in [0.25, 0.3) is 5.65 Å². The highest BCUT2D eigenvalue weighted by atomic mass is 16.6. The number of benzene rings is 1. The number of aromatic nitrogens is 4. The van der Waals surface area contributed by atoms with Gasteiger partial charge in [0.15, 0.2) is 11.5 Å². The van der Waals surface area contributed by atoms with Gasteiger partial charge >= 0.3 is 6.09 Å². The van der Waals surface area contributed by atoms with Crippen molar-refractivity contribution in [2.24, 2.45) is 0 Å². The van der Waals surface area contributed by atoms with Crippen LogP contribution in [0.5, 0.6) is 0 Å². The number of ether oxygens (including phenoxy) is 1. The van der Waals surface area contributed by atoms with Gasteiger partial charge in [-0.25, -0.2) is 14.3 Å². The Labute approximate surface area is 189 Å². The number of rotatable bonds is 3. The van der Waals surface area contributed by atoms with Crippen LogP contribution in [-0.4, -0.2) is 56.8 Å². The summed E-state index contributed by atoms with van der Waals surface area (Å²) in [5, 5.41) is 13.5. The Morgan fingerprint density at radius 1 is 1.18 bits per heavy atom. The summed E-state index contributed by atoms with van der Waals surface area (Å²) in [5.74, 6) is 1.17. The Morgan fingerprint density at radius 2 is 2.00 bits per heavy atom. The molecule has 0 atom stereocenters. The lowest BCUT2D eigenvalue weighted by Gasteiger charge is -2.37. The van der Waals surface area contributed by atoms with Crippen molar-refractivity contribution in [3.63, 3.8) is 0 Å². The zero-order chi connectivity index (χ0) is 22.8. The first-order valence-corrected chi connectivity index (χ1v) is 11.0. The summed E-state index contributed by atoms with van der Waals surface area (Å²) in [5.41, 5.74) is 2.23. The fraction of sp³-hybridized carbons (Fsp3) is 0.409. The Hall–Kier alpha value is -3.89. The summed E-state index contributed by atoms with van der Waals surface area (Å²) in [6.07, 6.45) is 4.58. The zero-order valence-corrected chi connectivity index (χ0v) is 18.4. The van der Waals surface area contributed by atoms with E-state index in [4.69, 9.17) is 4.74 Å². The number of fused-ring (bicyclic) bond motifs is 2. The van der Waals surface area contributed by atoms with Crippen molar-refractivity contribution in [2.75, 3.05) is 35.2 Å². The third kappa shape index (κ3) is 3.14. The first kappa shape index (κ1) is 19.8. The van der Waals surface area contributed by atoms with Crippen LogP contribution in [0.4, 0.5) is 27.9 Å². The summed E-state index contributed by atoms with van der Waals surface area (Å²) in [6, 6.07) is 5.77. The van der Waals surface area contributed by atoms with Gasteiger partial charge in [-0.15, -0.1) is 5.10 Å². The van der Waals surface area contributed by atoms with Gasteiger partial charge in [-0.3, -0.25) is 4.79 Å². The number of nitrogens with zero attached hydrogens (tertiary/aromatic N) is 5. The molecule has 5 heterocycles. The summed E-state index contributed by atoms with van der Waals surface area (Å²) in [4.78, 5) is 35.1. The molecule has 0 radical (unpaired) electrons. The molecule has 2 saturated heterocycles. The summed E-state index contributed by atoms with van der Waals surface area (Å²) in [7, 11) is 0. The number of piperidine rings is 1. The summed E-state index contributed by atoms with van der Waals surface area (Å²) in [6.45, 7) is 5.79. The minimum absolute atomic E-state index is 0.0114. The number of amides is 2. The van der Waals surface area contributed by atoms with Gasteiger partial charge < -0.3 is 25.6 Å². The van der Waals surface area contributed by atoms with Gasteiger partial charge in [0, 0.05) is 49.7 Å². The molecular weight excluding hydrogens is 424 g/mol. The molecule has 1 spiro atoms. The fourth-order valence-electron chi connectivity index (χ4n) is 4.79. The average molecular weight is 448 g/mol. The highest BCUT2D eigenvalue weighted by Crippen LogP contribution is 2.39. The standard InChI is InChI=1S/C22H24N8O3/c1-21(2)14-4-3-13(11-15(14)26-18(21)31)25-19-27-17-16(23-7-10-30(17)28-19)29-8-5-22(6-9-29)12-24-20(32)33-22/h3-4,7,10-11H,5-6,8-9,12H2,1-2H3,(H,24,32)(H,25,28)(H,26,31). The van der Waals surface area contributed by atoms with Crippen LogP contribution in [0.2, 0.25) is 0 Å². The molecule has 3 aliphatic rings. The molecule has 2 aromatic heterocycles. The molecule has 0 unspecified atom stereocenters. The molecule has 0 bridgehead atoms. The largest absolute Gasteiger partial charge is 0.441 e. The number of alkyl carbamates (subject to hydrolysis) is 1. The Bertz CT molecular complexity index is 1290. The first-order chi connectivity index (χ1) is 15.8. The van der Waals surface area contributed by atoms with Crippen LogP contribution >= 0.6 is 0 Å². The van der Waals surface area contributed by atoms with Crippen molar-refractivity contribution < 1.29 is 14.3 Å². The Kier molecular flexibility index (Phi) is 4.08. The Morgan fingerprint density at radius 3 is 2.76 bits per heavy atom. The van der Waals surface area contributed by atoms with Crippen molar-refractivity contribution in [2.45, 2.75) is 37.7 Å². The third-order valence-corrected chi connectivity index (χ3v) is 6.84. The minimum atomic E-state index is -0.546. The normalized spacial score (nSPS) is 20.5. The monoisotopic (exact) mass is 448 g/mol. The lowest BCUT2D eigenvalue weighted by atomic mass is 9.86. The second-order valence-electron chi connectivity index (χ2n) is 9.33. The van der Waals surface area contributed by atoms with Gasteiger partial charge in [0.1, 0.15) is 5.60 Å². The van der Waals surface area contributed by atoms with Crippen molar-refractivity contribution in [3.05, 3.63) is 36.2 Å². The molecular formula is C22H24N8O3. The topological polar surface area (TPSA) is 126 Å². The molecule has 33 heavy (non-hydrogen) atoms. The second-order valence-corrected chi connectivity index (χ2v) is 9.33. The molecule has 3 aliphatic heterocycles. The molecule has 170 valence electrons. The maximum Gasteiger partial charge on any atom is 0.407 e. The SMILES string of the molecule is CC1(C)C(=O)Nc2cc(Nc3nc4c(N5CCC6(CC5)CNC(=O)O6)nccn4n3)ccc21. The van der Waals surface area contributed by atoms with Crippen LogP contribution in [0.1, 0.15) is 32.3 Å². The highest BCUT2D eigenvalue weighted by molar-refractivity contribution is 6.06. The Balaban J connectivity index is 1.24. The van der Waals surface area contributed by atoms with E-state index < -0.39 is 11.0 Å². The minimum Gasteiger partial charge on any atom is -0.441 e. The molecule has 11 heteroatoms. The predicted molar refractivity (Wildman–Crippen MR) is 121 cm³/mol. The van der Waals surface area contributed by atoms with E-state index in [0.29, 0.717) is 31.2 Å². The fourth-order valence-corrected chi connectivity index (χ4v) is 4.79. The number of anilines is 4. The molecule has 1 aromatic carbocycles. The quantitative estimate of drug-likeness (QED) is 0.557. The average Bonchev–Trinajstić information content (AvgIpc) is 3.42. The van der Waals surface area contributed by atoms with Gasteiger partial charge in [-0.1, -0.05) is 6.07 Å². The van der Waals surface area contributed by atoms with Crippen LogP contribution in [0.15, 0.2) is 30.6 Å². The van der Waals surface area contributed by atoms with E-state index in [1.807, 2.05) is 32.0 Å². The van der Waals surface area contributed by atoms with Crippen molar-refractivity contribution in [1.29, 1.82) is 0 Å². The number of hydrogen-bond acceptors (Lipinski definition) is 8. The molecule has 2 amide bonds. The highest BCUT2D eigenvalue weighted by Gasteiger charge is 2.43. The lowest BCUT2D eigenvalue weighted by Crippen LogP contribution is -2.47. The number of carbonyl (C=O) groups excluding carboxylic acids is 2. The van der Waals surface area contributed by atoms with Gasteiger partial charge in [0.25, 0.3) is 0 Å². The second kappa shape index (κ2) is 6.80. The maximum atomic E-state index is 12.2. The lowest BCUT2D eigenvalue weighted by molar-refractivity contribution is -0.119. The van der Waals surface area contributed by atoms with Crippen LogP contribution in [-0.2, 0) is 14.9 Å². The van der Waals surface area contributed by atoms with Gasteiger partial charge in [-0.05, 0) is 31.5 Å². The summed E-state index contributed by atoms with van der Waals surface area (Å²) < 4.78 is 7.22. The zero-order valence-electron chi connectivity index (χ0n) is 18.4. The van der Waals surface area contributed by atoms with Crippen LogP contribution in [0.3, 0.4) is 0 Å². The van der Waals surface area contributed by atoms with Crippen LogP contribution < -0.4 is 20.9 Å². The molecule has 0 saturated carbocycles. The first-order valence-electron chi connectivity index (χ1n) is 11.0. The predicted octanol–water partition coefficient (Wildman–Crippen LogP) is 2.18. The van der Waals surface area contributed by atoms with Crippen molar-refractivity contribution in [3.8, 4) is 0 Å². The molecule has 11 nitrogen and oxygen atoms in total.